The van der Waals surface area contributed by atoms with Crippen molar-refractivity contribution in [1.82, 2.24) is 15.0 Å². The van der Waals surface area contributed by atoms with Gasteiger partial charge < -0.3 is 15.0 Å². The Balaban J connectivity index is 1.82. The molecule has 0 radical (unpaired) electrons. The summed E-state index contributed by atoms with van der Waals surface area (Å²) in [7, 11) is 1.91. The minimum Gasteiger partial charge on any atom is -0.388 e. The second kappa shape index (κ2) is 6.27. The lowest BCUT2D eigenvalue weighted by Gasteiger charge is -2.33. The number of anilines is 2. The Morgan fingerprint density at radius 1 is 1.27 bits per heavy atom. The zero-order valence-electron chi connectivity index (χ0n) is 13.2. The third kappa shape index (κ3) is 3.17. The van der Waals surface area contributed by atoms with E-state index in [1.807, 2.05) is 39.1 Å². The first-order valence-electron chi connectivity index (χ1n) is 7.48. The highest BCUT2D eigenvalue weighted by atomic mass is 16.5. The summed E-state index contributed by atoms with van der Waals surface area (Å²) < 4.78 is 5.93. The molecule has 1 N–H and O–H groups in total. The molecule has 0 bridgehead atoms. The summed E-state index contributed by atoms with van der Waals surface area (Å²) in [6, 6.07) is 6.02. The van der Waals surface area contributed by atoms with Gasteiger partial charge in [0.15, 0.2) is 0 Å². The molecule has 0 aromatic carbocycles. The topological polar surface area (TPSA) is 63.2 Å². The SMILES string of the molecule is CNc1cc(C)nc(C2CN(c3ccnc(C)n3)CCO2)c1. The van der Waals surface area contributed by atoms with Crippen LogP contribution in [0.5, 0.6) is 0 Å². The lowest BCUT2D eigenvalue weighted by Crippen LogP contribution is -2.39. The van der Waals surface area contributed by atoms with Gasteiger partial charge in [-0.3, -0.25) is 4.98 Å². The van der Waals surface area contributed by atoms with E-state index in [0.29, 0.717) is 6.61 Å². The largest absolute Gasteiger partial charge is 0.388 e. The van der Waals surface area contributed by atoms with E-state index in [0.717, 1.165) is 41.8 Å². The zero-order chi connectivity index (χ0) is 15.5. The number of nitrogens with zero attached hydrogens (tertiary/aromatic N) is 4. The Hall–Kier alpha value is -2.21. The van der Waals surface area contributed by atoms with Crippen LogP contribution in [0.2, 0.25) is 0 Å². The molecule has 22 heavy (non-hydrogen) atoms. The molecule has 3 heterocycles. The summed E-state index contributed by atoms with van der Waals surface area (Å²) in [6.07, 6.45) is 1.75. The molecule has 116 valence electrons. The number of pyridine rings is 1. The predicted molar refractivity (Wildman–Crippen MR) is 86.2 cm³/mol. The average Bonchev–Trinajstić information content (AvgIpc) is 2.54. The van der Waals surface area contributed by atoms with E-state index in [2.05, 4.69) is 25.2 Å². The Morgan fingerprint density at radius 3 is 2.91 bits per heavy atom. The summed E-state index contributed by atoms with van der Waals surface area (Å²) in [5.41, 5.74) is 3.00. The van der Waals surface area contributed by atoms with Gasteiger partial charge in [0.05, 0.1) is 18.8 Å². The van der Waals surface area contributed by atoms with E-state index in [9.17, 15) is 0 Å². The van der Waals surface area contributed by atoms with Crippen molar-refractivity contribution in [3.8, 4) is 0 Å². The third-order valence-corrected chi connectivity index (χ3v) is 3.74. The molecule has 3 rings (SSSR count). The predicted octanol–water partition coefficient (Wildman–Crippen LogP) is 2.11. The minimum absolute atomic E-state index is 0.0454. The molecule has 0 amide bonds. The van der Waals surface area contributed by atoms with Crippen molar-refractivity contribution < 1.29 is 4.74 Å². The molecule has 2 aromatic rings. The molecule has 1 atom stereocenters. The van der Waals surface area contributed by atoms with Crippen molar-refractivity contribution >= 4 is 11.5 Å². The molecule has 6 heteroatoms. The molecule has 2 aromatic heterocycles. The fourth-order valence-corrected chi connectivity index (χ4v) is 2.66. The van der Waals surface area contributed by atoms with Gasteiger partial charge in [-0.15, -0.1) is 0 Å². The van der Waals surface area contributed by atoms with Crippen LogP contribution in [-0.2, 0) is 4.74 Å². The maximum absolute atomic E-state index is 5.93. The summed E-state index contributed by atoms with van der Waals surface area (Å²) in [5, 5.41) is 3.17. The van der Waals surface area contributed by atoms with E-state index in [-0.39, 0.29) is 6.10 Å². The second-order valence-electron chi connectivity index (χ2n) is 5.44. The minimum atomic E-state index is -0.0454. The Kier molecular flexibility index (Phi) is 4.20. The van der Waals surface area contributed by atoms with Gasteiger partial charge in [-0.1, -0.05) is 0 Å². The maximum Gasteiger partial charge on any atom is 0.132 e. The van der Waals surface area contributed by atoms with Crippen molar-refractivity contribution in [2.45, 2.75) is 20.0 Å². The van der Waals surface area contributed by atoms with E-state index in [4.69, 9.17) is 4.74 Å². The molecule has 0 aliphatic carbocycles. The fourth-order valence-electron chi connectivity index (χ4n) is 2.66. The molecule has 0 spiro atoms. The lowest BCUT2D eigenvalue weighted by molar-refractivity contribution is 0.0367. The number of nitrogens with one attached hydrogen (secondary N) is 1. The molecule has 1 fully saturated rings. The monoisotopic (exact) mass is 299 g/mol. The number of hydrogen-bond acceptors (Lipinski definition) is 6. The number of aryl methyl sites for hydroxylation is 2. The quantitative estimate of drug-likeness (QED) is 0.936. The van der Waals surface area contributed by atoms with Gasteiger partial charge >= 0.3 is 0 Å². The van der Waals surface area contributed by atoms with Crippen molar-refractivity contribution in [1.29, 1.82) is 0 Å². The first kappa shape index (κ1) is 14.7. The normalized spacial score (nSPS) is 18.3. The van der Waals surface area contributed by atoms with Gasteiger partial charge in [0, 0.05) is 31.2 Å². The summed E-state index contributed by atoms with van der Waals surface area (Å²) in [6.45, 7) is 6.15. The third-order valence-electron chi connectivity index (χ3n) is 3.74. The molecule has 0 saturated carbocycles. The van der Waals surface area contributed by atoms with Gasteiger partial charge in [-0.2, -0.15) is 0 Å². The summed E-state index contributed by atoms with van der Waals surface area (Å²) >= 11 is 0. The molecule has 1 aliphatic rings. The highest BCUT2D eigenvalue weighted by Gasteiger charge is 2.24. The molecule has 6 nitrogen and oxygen atoms in total. The number of morpholine rings is 1. The Morgan fingerprint density at radius 2 is 2.14 bits per heavy atom. The van der Waals surface area contributed by atoms with Crippen molar-refractivity contribution in [2.75, 3.05) is 37.0 Å². The summed E-state index contributed by atoms with van der Waals surface area (Å²) in [5.74, 6) is 1.73. The number of aromatic nitrogens is 3. The number of ether oxygens (including phenoxy) is 1. The molecule has 1 unspecified atom stereocenters. The van der Waals surface area contributed by atoms with Crippen LogP contribution in [0.15, 0.2) is 24.4 Å². The molecular formula is C16H21N5O. The molecular weight excluding hydrogens is 278 g/mol. The van der Waals surface area contributed by atoms with E-state index in [1.54, 1.807) is 6.20 Å². The average molecular weight is 299 g/mol. The fraction of sp³-hybridized carbons (Fsp3) is 0.438. The van der Waals surface area contributed by atoms with Crippen LogP contribution in [0.1, 0.15) is 23.3 Å². The second-order valence-corrected chi connectivity index (χ2v) is 5.44. The first-order chi connectivity index (χ1) is 10.7. The maximum atomic E-state index is 5.93. The van der Waals surface area contributed by atoms with E-state index < -0.39 is 0 Å². The highest BCUT2D eigenvalue weighted by molar-refractivity contribution is 5.46. The zero-order valence-corrected chi connectivity index (χ0v) is 13.2. The van der Waals surface area contributed by atoms with Crippen LogP contribution in [0, 0.1) is 13.8 Å². The Bertz CT molecular complexity index is 661. The van der Waals surface area contributed by atoms with Crippen LogP contribution < -0.4 is 10.2 Å². The van der Waals surface area contributed by atoms with Gasteiger partial charge in [0.25, 0.3) is 0 Å². The summed E-state index contributed by atoms with van der Waals surface area (Å²) in [4.78, 5) is 15.5. The van der Waals surface area contributed by atoms with Crippen LogP contribution >= 0.6 is 0 Å². The first-order valence-corrected chi connectivity index (χ1v) is 7.48. The standard InChI is InChI=1S/C16H21N5O/c1-11-8-13(17-3)9-14(19-11)15-10-21(6-7-22-15)16-4-5-18-12(2)20-16/h4-5,8-9,15H,6-7,10H2,1-3H3,(H,17,19). The van der Waals surface area contributed by atoms with Crippen LogP contribution in [0.25, 0.3) is 0 Å². The van der Waals surface area contributed by atoms with Gasteiger partial charge in [0.2, 0.25) is 0 Å². The van der Waals surface area contributed by atoms with Crippen LogP contribution in [0.4, 0.5) is 11.5 Å². The van der Waals surface area contributed by atoms with Crippen molar-refractivity contribution in [3.05, 3.63) is 41.6 Å². The Labute approximate surface area is 130 Å². The van der Waals surface area contributed by atoms with Crippen molar-refractivity contribution in [3.63, 3.8) is 0 Å². The van der Waals surface area contributed by atoms with E-state index in [1.165, 1.54) is 0 Å². The van der Waals surface area contributed by atoms with Crippen LogP contribution in [0.3, 0.4) is 0 Å². The number of rotatable bonds is 3. The van der Waals surface area contributed by atoms with Crippen molar-refractivity contribution in [2.24, 2.45) is 0 Å². The number of hydrogen-bond donors (Lipinski definition) is 1. The van der Waals surface area contributed by atoms with Crippen LogP contribution in [-0.4, -0.2) is 41.7 Å². The van der Waals surface area contributed by atoms with Gasteiger partial charge in [-0.25, -0.2) is 9.97 Å². The van der Waals surface area contributed by atoms with E-state index >= 15 is 0 Å². The van der Waals surface area contributed by atoms with Gasteiger partial charge in [0.1, 0.15) is 17.7 Å². The smallest absolute Gasteiger partial charge is 0.132 e. The lowest BCUT2D eigenvalue weighted by atomic mass is 10.1. The van der Waals surface area contributed by atoms with Gasteiger partial charge in [-0.05, 0) is 32.0 Å². The molecule has 1 saturated heterocycles. The highest BCUT2D eigenvalue weighted by Crippen LogP contribution is 2.25. The molecule has 1 aliphatic heterocycles.